The van der Waals surface area contributed by atoms with Gasteiger partial charge >= 0.3 is 0 Å². The Labute approximate surface area is 213 Å². The third-order valence-electron chi connectivity index (χ3n) is 9.05. The van der Waals surface area contributed by atoms with Gasteiger partial charge in [-0.05, 0) is 91.6 Å². The average molecular weight is 485 g/mol. The zero-order valence-corrected chi connectivity index (χ0v) is 21.1. The number of likely N-dealkylation sites (tertiary alicyclic amines) is 1. The molecule has 2 N–H and O–H groups in total. The molecule has 3 aromatic carbocycles. The first-order valence-corrected chi connectivity index (χ1v) is 13.4. The predicted molar refractivity (Wildman–Crippen MR) is 142 cm³/mol. The largest absolute Gasteiger partial charge is 0.508 e. The number of ether oxygens (including phenoxy) is 1. The quantitative estimate of drug-likeness (QED) is 0.501. The molecule has 2 aliphatic carbocycles. The van der Waals surface area contributed by atoms with Crippen LogP contribution in [0.25, 0.3) is 10.8 Å². The van der Waals surface area contributed by atoms with Gasteiger partial charge in [0.1, 0.15) is 5.75 Å². The van der Waals surface area contributed by atoms with Crippen molar-refractivity contribution in [2.24, 2.45) is 5.92 Å². The zero-order chi connectivity index (χ0) is 24.8. The van der Waals surface area contributed by atoms with Crippen molar-refractivity contribution >= 4 is 16.7 Å². The van der Waals surface area contributed by atoms with Gasteiger partial charge in [-0.2, -0.15) is 0 Å². The number of phenols is 1. The Bertz CT molecular complexity index is 1270. The number of phenolic OH excluding ortho intramolecular Hbond substituents is 1. The predicted octanol–water partition coefficient (Wildman–Crippen LogP) is 5.27. The highest BCUT2D eigenvalue weighted by molar-refractivity contribution is 5.98. The van der Waals surface area contributed by atoms with Crippen molar-refractivity contribution in [2.75, 3.05) is 26.7 Å². The second-order valence-electron chi connectivity index (χ2n) is 11.2. The second kappa shape index (κ2) is 9.20. The molecule has 3 fully saturated rings. The normalized spacial score (nSPS) is 28.5. The molecule has 2 saturated carbocycles. The van der Waals surface area contributed by atoms with E-state index in [9.17, 15) is 9.90 Å². The molecule has 1 aliphatic heterocycles. The maximum Gasteiger partial charge on any atom is 0.251 e. The fraction of sp³-hybridized carbons (Fsp3) is 0.452. The summed E-state index contributed by atoms with van der Waals surface area (Å²) in [4.78, 5) is 15.9. The molecule has 1 heterocycles. The summed E-state index contributed by atoms with van der Waals surface area (Å²) >= 11 is 0. The number of nitrogens with one attached hydrogen (secondary N) is 1. The summed E-state index contributed by atoms with van der Waals surface area (Å²) in [5.74, 6) is 1.10. The fourth-order valence-electron chi connectivity index (χ4n) is 6.94. The highest BCUT2D eigenvalue weighted by atomic mass is 16.5. The Morgan fingerprint density at radius 1 is 1.03 bits per heavy atom. The van der Waals surface area contributed by atoms with Gasteiger partial charge in [0.05, 0.1) is 5.60 Å². The molecule has 0 radical (unpaired) electrons. The lowest BCUT2D eigenvalue weighted by Crippen LogP contribution is -2.68. The van der Waals surface area contributed by atoms with Crippen LogP contribution in [0.5, 0.6) is 5.75 Å². The van der Waals surface area contributed by atoms with E-state index in [1.165, 1.54) is 12.8 Å². The van der Waals surface area contributed by atoms with Crippen molar-refractivity contribution in [1.82, 2.24) is 10.2 Å². The third-order valence-corrected chi connectivity index (χ3v) is 9.05. The SMILES string of the molecule is CO[C@]12CC[C@@H](NC(=O)c3ccc4ccccc4c3)C[C@]1(c1cccc(O)c1)CCN(CC1CC1)C2. The van der Waals surface area contributed by atoms with Gasteiger partial charge in [0.25, 0.3) is 5.91 Å². The number of amides is 1. The molecular weight excluding hydrogens is 448 g/mol. The Hall–Kier alpha value is -2.89. The first-order valence-electron chi connectivity index (χ1n) is 13.4. The van der Waals surface area contributed by atoms with Gasteiger partial charge in [-0.25, -0.2) is 0 Å². The average Bonchev–Trinajstić information content (AvgIpc) is 3.72. The minimum absolute atomic E-state index is 0.0205. The van der Waals surface area contributed by atoms with Crippen LogP contribution < -0.4 is 5.32 Å². The molecule has 36 heavy (non-hydrogen) atoms. The maximum atomic E-state index is 13.4. The fourth-order valence-corrected chi connectivity index (χ4v) is 6.94. The molecule has 3 aliphatic rings. The van der Waals surface area contributed by atoms with Gasteiger partial charge < -0.3 is 20.1 Å². The summed E-state index contributed by atoms with van der Waals surface area (Å²) in [5.41, 5.74) is 1.22. The van der Waals surface area contributed by atoms with Gasteiger partial charge in [-0.3, -0.25) is 4.79 Å². The smallest absolute Gasteiger partial charge is 0.251 e. The standard InChI is InChI=1S/C31H36N2O3/c1-36-31-14-13-27(32-29(35)25-12-11-23-5-2-3-6-24(23)17-25)19-30(31,26-7-4-8-28(34)18-26)15-16-33(21-31)20-22-9-10-22/h2-8,11-12,17-18,22,27,34H,9-10,13-16,19-21H2,1H3,(H,32,35)/t27-,30+,31+/m1/s1. The summed E-state index contributed by atoms with van der Waals surface area (Å²) in [6.07, 6.45) is 6.21. The number of nitrogens with zero attached hydrogens (tertiary/aromatic N) is 1. The van der Waals surface area contributed by atoms with Crippen LogP contribution in [0.2, 0.25) is 0 Å². The van der Waals surface area contributed by atoms with E-state index in [1.54, 1.807) is 6.07 Å². The molecule has 0 spiro atoms. The Morgan fingerprint density at radius 2 is 1.86 bits per heavy atom. The van der Waals surface area contributed by atoms with Crippen LogP contribution in [0.4, 0.5) is 0 Å². The molecule has 188 valence electrons. The van der Waals surface area contributed by atoms with Crippen LogP contribution in [0.1, 0.15) is 54.4 Å². The van der Waals surface area contributed by atoms with Crippen LogP contribution in [-0.2, 0) is 10.2 Å². The van der Waals surface area contributed by atoms with Gasteiger partial charge in [0.2, 0.25) is 0 Å². The summed E-state index contributed by atoms with van der Waals surface area (Å²) in [6.45, 7) is 3.08. The van der Waals surface area contributed by atoms with Crippen molar-refractivity contribution in [3.63, 3.8) is 0 Å². The van der Waals surface area contributed by atoms with Gasteiger partial charge in [0.15, 0.2) is 0 Å². The first-order chi connectivity index (χ1) is 17.5. The second-order valence-corrected chi connectivity index (χ2v) is 11.2. The molecule has 3 aromatic rings. The topological polar surface area (TPSA) is 61.8 Å². The van der Waals surface area contributed by atoms with Crippen molar-refractivity contribution in [3.05, 3.63) is 77.9 Å². The minimum atomic E-state index is -0.335. The molecule has 0 aromatic heterocycles. The Morgan fingerprint density at radius 3 is 2.64 bits per heavy atom. The van der Waals surface area contributed by atoms with Crippen molar-refractivity contribution in [3.8, 4) is 5.75 Å². The van der Waals surface area contributed by atoms with E-state index >= 15 is 0 Å². The van der Waals surface area contributed by atoms with Crippen LogP contribution in [-0.4, -0.2) is 54.3 Å². The van der Waals surface area contributed by atoms with E-state index in [1.807, 2.05) is 55.6 Å². The summed E-state index contributed by atoms with van der Waals surface area (Å²) in [7, 11) is 1.85. The third kappa shape index (κ3) is 4.18. The molecule has 0 bridgehead atoms. The lowest BCUT2D eigenvalue weighted by Gasteiger charge is -2.60. The first kappa shape index (κ1) is 23.5. The Kier molecular flexibility index (Phi) is 6.01. The van der Waals surface area contributed by atoms with Crippen LogP contribution >= 0.6 is 0 Å². The summed E-state index contributed by atoms with van der Waals surface area (Å²) in [5, 5.41) is 16.0. The highest BCUT2D eigenvalue weighted by Gasteiger charge is 2.59. The van der Waals surface area contributed by atoms with Crippen molar-refractivity contribution in [1.29, 1.82) is 0 Å². The lowest BCUT2D eigenvalue weighted by atomic mass is 9.55. The monoisotopic (exact) mass is 484 g/mol. The number of piperidine rings is 1. The van der Waals surface area contributed by atoms with Gasteiger partial charge in [-0.15, -0.1) is 0 Å². The van der Waals surface area contributed by atoms with Crippen LogP contribution in [0.3, 0.4) is 0 Å². The van der Waals surface area contributed by atoms with E-state index in [-0.39, 0.29) is 28.7 Å². The van der Waals surface area contributed by atoms with Crippen LogP contribution in [0, 0.1) is 5.92 Å². The molecule has 1 saturated heterocycles. The van der Waals surface area contributed by atoms with E-state index in [2.05, 4.69) is 22.3 Å². The van der Waals surface area contributed by atoms with Crippen LogP contribution in [0.15, 0.2) is 66.7 Å². The number of carbonyl (C=O) groups excluding carboxylic acids is 1. The molecule has 1 amide bonds. The number of aromatic hydroxyl groups is 1. The van der Waals surface area contributed by atoms with E-state index in [0.717, 1.165) is 67.6 Å². The number of benzene rings is 3. The van der Waals surface area contributed by atoms with Gasteiger partial charge in [0, 0.05) is 37.2 Å². The maximum absolute atomic E-state index is 13.4. The number of carbonyl (C=O) groups is 1. The number of hydrogen-bond acceptors (Lipinski definition) is 4. The van der Waals surface area contributed by atoms with E-state index < -0.39 is 0 Å². The molecule has 3 atom stereocenters. The van der Waals surface area contributed by atoms with Crippen molar-refractivity contribution < 1.29 is 14.6 Å². The minimum Gasteiger partial charge on any atom is -0.508 e. The van der Waals surface area contributed by atoms with Crippen molar-refractivity contribution in [2.45, 2.75) is 55.6 Å². The summed E-state index contributed by atoms with van der Waals surface area (Å²) < 4.78 is 6.46. The number of hydrogen-bond donors (Lipinski definition) is 2. The number of rotatable bonds is 6. The Balaban J connectivity index is 1.29. The number of fused-ring (bicyclic) bond motifs is 2. The summed E-state index contributed by atoms with van der Waals surface area (Å²) in [6, 6.07) is 21.8. The molecular formula is C31H36N2O3. The zero-order valence-electron chi connectivity index (χ0n) is 21.1. The molecule has 0 unspecified atom stereocenters. The van der Waals surface area contributed by atoms with E-state index in [4.69, 9.17) is 4.74 Å². The molecule has 5 nitrogen and oxygen atoms in total. The molecule has 5 heteroatoms. The van der Waals surface area contributed by atoms with E-state index in [0.29, 0.717) is 5.56 Å². The molecule has 6 rings (SSSR count). The number of methoxy groups -OCH3 is 1. The van der Waals surface area contributed by atoms with Gasteiger partial charge in [-0.1, -0.05) is 42.5 Å². The highest BCUT2D eigenvalue weighted by Crippen LogP contribution is 2.54. The lowest BCUT2D eigenvalue weighted by molar-refractivity contribution is -0.148.